The van der Waals surface area contributed by atoms with E-state index in [1.807, 2.05) is 0 Å². The summed E-state index contributed by atoms with van der Waals surface area (Å²) in [5.41, 5.74) is 2.23. The summed E-state index contributed by atoms with van der Waals surface area (Å²) in [6, 6.07) is 0.548. The van der Waals surface area contributed by atoms with Gasteiger partial charge in [0, 0.05) is 12.6 Å². The van der Waals surface area contributed by atoms with Gasteiger partial charge in [-0.25, -0.2) is 0 Å². The Morgan fingerprint density at radius 2 is 1.95 bits per heavy atom. The van der Waals surface area contributed by atoms with E-state index in [1.54, 1.807) is 0 Å². The molecule has 1 rings (SSSR count). The van der Waals surface area contributed by atoms with Crippen LogP contribution in [0.4, 0.5) is 0 Å². The Morgan fingerprint density at radius 3 is 2.42 bits per heavy atom. The van der Waals surface area contributed by atoms with Crippen LogP contribution in [0.5, 0.6) is 0 Å². The average Bonchev–Trinajstić information content (AvgIpc) is 2.70. The van der Waals surface area contributed by atoms with Crippen molar-refractivity contribution in [2.75, 3.05) is 6.54 Å². The minimum atomic E-state index is 0.548. The topological polar surface area (TPSA) is 29.9 Å². The number of nitrogens with zero attached hydrogens (tertiary/aromatic N) is 2. The summed E-state index contributed by atoms with van der Waals surface area (Å²) in [6.07, 6.45) is 3.01. The molecule has 0 radical (unpaired) electrons. The zero-order chi connectivity index (χ0) is 14.4. The summed E-state index contributed by atoms with van der Waals surface area (Å²) in [4.78, 5) is 0. The van der Waals surface area contributed by atoms with Gasteiger partial charge in [0.1, 0.15) is 0 Å². The average molecular weight is 286 g/mol. The molecule has 3 nitrogen and oxygen atoms in total. The SMILES string of the molecule is CCNC(CCc1c(Cl)c(CC)nn1CC)C(C)C. The van der Waals surface area contributed by atoms with Crippen molar-refractivity contribution >= 4 is 11.6 Å². The number of rotatable bonds is 8. The Hall–Kier alpha value is -0.540. The van der Waals surface area contributed by atoms with E-state index >= 15 is 0 Å². The summed E-state index contributed by atoms with van der Waals surface area (Å²) in [5.74, 6) is 0.641. The minimum absolute atomic E-state index is 0.548. The van der Waals surface area contributed by atoms with Gasteiger partial charge in [-0.2, -0.15) is 5.10 Å². The van der Waals surface area contributed by atoms with Crippen LogP contribution in [0.2, 0.25) is 5.02 Å². The number of hydrogen-bond donors (Lipinski definition) is 1. The fourth-order valence-corrected chi connectivity index (χ4v) is 2.85. The molecule has 0 fully saturated rings. The third-order valence-corrected chi connectivity index (χ3v) is 4.09. The summed E-state index contributed by atoms with van der Waals surface area (Å²) in [5, 5.41) is 9.02. The normalized spacial score (nSPS) is 13.2. The van der Waals surface area contributed by atoms with Crippen molar-refractivity contribution in [3.8, 4) is 0 Å². The van der Waals surface area contributed by atoms with Crippen molar-refractivity contribution in [3.05, 3.63) is 16.4 Å². The van der Waals surface area contributed by atoms with Gasteiger partial charge >= 0.3 is 0 Å². The molecule has 1 N–H and O–H groups in total. The molecule has 1 aromatic heterocycles. The quantitative estimate of drug-likeness (QED) is 0.789. The van der Waals surface area contributed by atoms with Crippen LogP contribution >= 0.6 is 11.6 Å². The number of nitrogens with one attached hydrogen (secondary N) is 1. The summed E-state index contributed by atoms with van der Waals surface area (Å²) in [7, 11) is 0. The number of aromatic nitrogens is 2. The van der Waals surface area contributed by atoms with Crippen molar-refractivity contribution in [1.82, 2.24) is 15.1 Å². The largest absolute Gasteiger partial charge is 0.314 e. The molecule has 0 aliphatic heterocycles. The van der Waals surface area contributed by atoms with Gasteiger partial charge in [0.2, 0.25) is 0 Å². The van der Waals surface area contributed by atoms with Gasteiger partial charge in [0.25, 0.3) is 0 Å². The molecule has 1 heterocycles. The molecule has 19 heavy (non-hydrogen) atoms. The lowest BCUT2D eigenvalue weighted by molar-refractivity contribution is 0.381. The van der Waals surface area contributed by atoms with E-state index in [2.05, 4.69) is 49.7 Å². The number of hydrogen-bond acceptors (Lipinski definition) is 2. The van der Waals surface area contributed by atoms with Gasteiger partial charge in [-0.1, -0.05) is 39.3 Å². The molecule has 0 saturated carbocycles. The second kappa shape index (κ2) is 7.91. The van der Waals surface area contributed by atoms with E-state index in [9.17, 15) is 0 Å². The van der Waals surface area contributed by atoms with Crippen LogP contribution in [0.25, 0.3) is 0 Å². The highest BCUT2D eigenvalue weighted by Crippen LogP contribution is 2.24. The smallest absolute Gasteiger partial charge is 0.0849 e. The fraction of sp³-hybridized carbons (Fsp3) is 0.800. The third-order valence-electron chi connectivity index (χ3n) is 3.66. The van der Waals surface area contributed by atoms with Gasteiger partial charge in [-0.3, -0.25) is 4.68 Å². The lowest BCUT2D eigenvalue weighted by Gasteiger charge is -2.21. The van der Waals surface area contributed by atoms with E-state index in [-0.39, 0.29) is 0 Å². The molecule has 0 saturated heterocycles. The zero-order valence-corrected chi connectivity index (χ0v) is 13.7. The first-order valence-electron chi connectivity index (χ1n) is 7.52. The second-order valence-electron chi connectivity index (χ2n) is 5.32. The van der Waals surface area contributed by atoms with E-state index in [1.165, 1.54) is 5.69 Å². The monoisotopic (exact) mass is 285 g/mol. The molecule has 0 aromatic carbocycles. The van der Waals surface area contributed by atoms with Crippen molar-refractivity contribution in [2.45, 2.75) is 66.5 Å². The van der Waals surface area contributed by atoms with Crippen LogP contribution in [0.3, 0.4) is 0 Å². The molecule has 0 bridgehead atoms. The molecular weight excluding hydrogens is 258 g/mol. The highest BCUT2D eigenvalue weighted by Gasteiger charge is 2.17. The summed E-state index contributed by atoms with van der Waals surface area (Å²) < 4.78 is 2.06. The van der Waals surface area contributed by atoms with Crippen molar-refractivity contribution < 1.29 is 0 Å². The van der Waals surface area contributed by atoms with Crippen LogP contribution in [-0.4, -0.2) is 22.4 Å². The van der Waals surface area contributed by atoms with Gasteiger partial charge in [-0.05, 0) is 38.6 Å². The molecule has 4 heteroatoms. The first kappa shape index (κ1) is 16.5. The maximum atomic E-state index is 6.44. The summed E-state index contributed by atoms with van der Waals surface area (Å²) in [6.45, 7) is 12.8. The van der Waals surface area contributed by atoms with Gasteiger partial charge in [-0.15, -0.1) is 0 Å². The predicted molar refractivity (Wildman–Crippen MR) is 82.9 cm³/mol. The molecular formula is C15H28ClN3. The fourth-order valence-electron chi connectivity index (χ4n) is 2.48. The molecule has 110 valence electrons. The lowest BCUT2D eigenvalue weighted by atomic mass is 9.98. The molecule has 1 aromatic rings. The van der Waals surface area contributed by atoms with Gasteiger partial charge in [0.15, 0.2) is 0 Å². The Morgan fingerprint density at radius 1 is 1.26 bits per heavy atom. The third kappa shape index (κ3) is 4.22. The Bertz CT molecular complexity index is 385. The standard InChI is InChI=1S/C15H28ClN3/c1-6-12-15(16)14(19(8-3)18-12)10-9-13(11(4)5)17-7-2/h11,13,17H,6-10H2,1-5H3. The predicted octanol–water partition coefficient (Wildman–Crippen LogP) is 3.69. The Labute approximate surface area is 122 Å². The molecule has 0 aliphatic rings. The Balaban J connectivity index is 2.78. The highest BCUT2D eigenvalue weighted by atomic mass is 35.5. The van der Waals surface area contributed by atoms with Crippen molar-refractivity contribution in [3.63, 3.8) is 0 Å². The van der Waals surface area contributed by atoms with Crippen molar-refractivity contribution in [2.24, 2.45) is 5.92 Å². The van der Waals surface area contributed by atoms with Crippen LogP contribution < -0.4 is 5.32 Å². The second-order valence-corrected chi connectivity index (χ2v) is 5.70. The Kier molecular flexibility index (Phi) is 6.87. The van der Waals surface area contributed by atoms with Gasteiger partial charge < -0.3 is 5.32 Å². The van der Waals surface area contributed by atoms with E-state index in [0.717, 1.165) is 43.1 Å². The van der Waals surface area contributed by atoms with Crippen LogP contribution in [-0.2, 0) is 19.4 Å². The van der Waals surface area contributed by atoms with Crippen LogP contribution in [0.15, 0.2) is 0 Å². The highest BCUT2D eigenvalue weighted by molar-refractivity contribution is 6.31. The first-order valence-corrected chi connectivity index (χ1v) is 7.90. The van der Waals surface area contributed by atoms with Gasteiger partial charge in [0.05, 0.1) is 16.4 Å². The van der Waals surface area contributed by atoms with Crippen LogP contribution in [0, 0.1) is 5.92 Å². The molecule has 0 aliphatic carbocycles. The van der Waals surface area contributed by atoms with E-state index in [4.69, 9.17) is 11.6 Å². The molecule has 0 spiro atoms. The van der Waals surface area contributed by atoms with Crippen LogP contribution in [0.1, 0.15) is 52.4 Å². The molecule has 1 unspecified atom stereocenters. The molecule has 0 amide bonds. The van der Waals surface area contributed by atoms with E-state index < -0.39 is 0 Å². The summed E-state index contributed by atoms with van der Waals surface area (Å²) >= 11 is 6.44. The maximum absolute atomic E-state index is 6.44. The number of halogens is 1. The lowest BCUT2D eigenvalue weighted by Crippen LogP contribution is -2.34. The first-order chi connectivity index (χ1) is 9.04. The van der Waals surface area contributed by atoms with E-state index in [0.29, 0.717) is 12.0 Å². The molecule has 1 atom stereocenters. The maximum Gasteiger partial charge on any atom is 0.0849 e. The zero-order valence-electron chi connectivity index (χ0n) is 13.0. The minimum Gasteiger partial charge on any atom is -0.314 e. The van der Waals surface area contributed by atoms with Crippen molar-refractivity contribution in [1.29, 1.82) is 0 Å². The number of aryl methyl sites for hydroxylation is 2.